The molecule has 0 saturated carbocycles. The third-order valence-corrected chi connectivity index (χ3v) is 5.65. The van der Waals surface area contributed by atoms with Crippen molar-refractivity contribution >= 4 is 22.7 Å². The Balaban J connectivity index is 1.61. The van der Waals surface area contributed by atoms with E-state index >= 15 is 0 Å². The number of fused-ring (bicyclic) bond motifs is 1. The summed E-state index contributed by atoms with van der Waals surface area (Å²) < 4.78 is 11.2. The smallest absolute Gasteiger partial charge is 0.254 e. The van der Waals surface area contributed by atoms with Crippen molar-refractivity contribution in [2.75, 3.05) is 33.4 Å². The summed E-state index contributed by atoms with van der Waals surface area (Å²) in [4.78, 5) is 32.6. The predicted octanol–water partition coefficient (Wildman–Crippen LogP) is 3.84. The maximum absolute atomic E-state index is 13.1. The molecule has 0 bridgehead atoms. The number of amides is 2. The number of hydrogen-bond donors (Lipinski definition) is 1. The standard InChI is InChI=1S/C26H29N3O4/c1-17(2)15-27-25(30)21-14-23(28-22-10-5-4-9-20(21)22)24-16-29(11-12-33-24)26(31)18-7-6-8-19(13-18)32-3/h4-10,13-14,17,24H,11-12,15-16H2,1-3H3,(H,27,30)/t24-/m1/s1. The first-order valence-electron chi connectivity index (χ1n) is 11.2. The summed E-state index contributed by atoms with van der Waals surface area (Å²) in [5, 5.41) is 3.79. The lowest BCUT2D eigenvalue weighted by atomic mass is 10.0. The number of benzene rings is 2. The van der Waals surface area contributed by atoms with Crippen LogP contribution in [0.2, 0.25) is 0 Å². The molecule has 0 radical (unpaired) electrons. The third kappa shape index (κ3) is 5.14. The molecule has 0 unspecified atom stereocenters. The normalized spacial score (nSPS) is 16.1. The molecule has 1 aliphatic heterocycles. The highest BCUT2D eigenvalue weighted by Gasteiger charge is 2.28. The number of pyridine rings is 1. The monoisotopic (exact) mass is 447 g/mol. The van der Waals surface area contributed by atoms with Gasteiger partial charge in [-0.05, 0) is 36.2 Å². The Bertz CT molecular complexity index is 1160. The van der Waals surface area contributed by atoms with Crippen LogP contribution in [-0.2, 0) is 4.74 Å². The van der Waals surface area contributed by atoms with Crippen molar-refractivity contribution in [2.24, 2.45) is 5.92 Å². The Morgan fingerprint density at radius 2 is 2.00 bits per heavy atom. The minimum Gasteiger partial charge on any atom is -0.497 e. The number of rotatable bonds is 6. The lowest BCUT2D eigenvalue weighted by molar-refractivity contribution is -0.0246. The number of para-hydroxylation sites is 1. The van der Waals surface area contributed by atoms with Crippen LogP contribution in [-0.4, -0.2) is 55.0 Å². The van der Waals surface area contributed by atoms with Gasteiger partial charge in [-0.15, -0.1) is 0 Å². The number of morpholine rings is 1. The molecule has 172 valence electrons. The van der Waals surface area contributed by atoms with E-state index in [1.165, 1.54) is 0 Å². The van der Waals surface area contributed by atoms with Gasteiger partial charge in [-0.25, -0.2) is 4.98 Å². The molecule has 3 aromatic rings. The van der Waals surface area contributed by atoms with Crippen LogP contribution >= 0.6 is 0 Å². The first-order valence-corrected chi connectivity index (χ1v) is 11.2. The highest BCUT2D eigenvalue weighted by molar-refractivity contribution is 6.06. The van der Waals surface area contributed by atoms with Crippen LogP contribution in [0.5, 0.6) is 5.75 Å². The minimum atomic E-state index is -0.422. The van der Waals surface area contributed by atoms with Crippen molar-refractivity contribution in [2.45, 2.75) is 20.0 Å². The average molecular weight is 448 g/mol. The molecule has 1 N–H and O–H groups in total. The van der Waals surface area contributed by atoms with E-state index < -0.39 is 6.10 Å². The molecule has 0 spiro atoms. The van der Waals surface area contributed by atoms with Crippen LogP contribution in [0.4, 0.5) is 0 Å². The molecule has 1 aliphatic rings. The molecule has 1 aromatic heterocycles. The van der Waals surface area contributed by atoms with E-state index in [0.29, 0.717) is 54.7 Å². The zero-order valence-electron chi connectivity index (χ0n) is 19.2. The van der Waals surface area contributed by atoms with Gasteiger partial charge in [0.25, 0.3) is 11.8 Å². The first kappa shape index (κ1) is 22.7. The highest BCUT2D eigenvalue weighted by atomic mass is 16.5. The summed E-state index contributed by atoms with van der Waals surface area (Å²) in [6.45, 7) is 5.94. The van der Waals surface area contributed by atoms with Gasteiger partial charge in [0.2, 0.25) is 0 Å². The van der Waals surface area contributed by atoms with E-state index in [2.05, 4.69) is 19.2 Å². The summed E-state index contributed by atoms with van der Waals surface area (Å²) in [7, 11) is 1.58. The fourth-order valence-electron chi connectivity index (χ4n) is 3.89. The molecule has 0 aliphatic carbocycles. The van der Waals surface area contributed by atoms with E-state index in [1.807, 2.05) is 30.3 Å². The predicted molar refractivity (Wildman–Crippen MR) is 127 cm³/mol. The zero-order valence-corrected chi connectivity index (χ0v) is 19.2. The van der Waals surface area contributed by atoms with Crippen LogP contribution < -0.4 is 10.1 Å². The van der Waals surface area contributed by atoms with E-state index in [-0.39, 0.29) is 11.8 Å². The molecule has 1 atom stereocenters. The van der Waals surface area contributed by atoms with Crippen LogP contribution in [0.15, 0.2) is 54.6 Å². The first-order chi connectivity index (χ1) is 16.0. The van der Waals surface area contributed by atoms with E-state index in [0.717, 1.165) is 10.9 Å². The van der Waals surface area contributed by atoms with Gasteiger partial charge in [-0.2, -0.15) is 0 Å². The van der Waals surface area contributed by atoms with E-state index in [1.54, 1.807) is 36.3 Å². The van der Waals surface area contributed by atoms with E-state index in [4.69, 9.17) is 14.5 Å². The van der Waals surface area contributed by atoms with Gasteiger partial charge in [0.1, 0.15) is 11.9 Å². The SMILES string of the molecule is COc1cccc(C(=O)N2CCO[C@@H](c3cc(C(=O)NCC(C)C)c4ccccc4n3)C2)c1. The summed E-state index contributed by atoms with van der Waals surface area (Å²) in [5.41, 5.74) is 2.50. The maximum atomic E-state index is 13.1. The Morgan fingerprint density at radius 3 is 2.79 bits per heavy atom. The topological polar surface area (TPSA) is 80.8 Å². The summed E-state index contributed by atoms with van der Waals surface area (Å²) >= 11 is 0. The van der Waals surface area contributed by atoms with Crippen molar-refractivity contribution < 1.29 is 19.1 Å². The third-order valence-electron chi connectivity index (χ3n) is 5.65. The van der Waals surface area contributed by atoms with Gasteiger partial charge in [-0.1, -0.05) is 38.1 Å². The molecule has 7 heteroatoms. The minimum absolute atomic E-state index is 0.0853. The molecule has 4 rings (SSSR count). The fraction of sp³-hybridized carbons (Fsp3) is 0.346. The number of hydrogen-bond acceptors (Lipinski definition) is 5. The van der Waals surface area contributed by atoms with Gasteiger partial charge in [0, 0.05) is 24.0 Å². The second-order valence-electron chi connectivity index (χ2n) is 8.56. The van der Waals surface area contributed by atoms with Gasteiger partial charge in [0.15, 0.2) is 0 Å². The maximum Gasteiger partial charge on any atom is 0.254 e. The number of nitrogens with zero attached hydrogens (tertiary/aromatic N) is 2. The van der Waals surface area contributed by atoms with Crippen molar-refractivity contribution in [3.05, 3.63) is 71.4 Å². The fourth-order valence-corrected chi connectivity index (χ4v) is 3.89. The van der Waals surface area contributed by atoms with Crippen LogP contribution in [0.25, 0.3) is 10.9 Å². The Hall–Kier alpha value is -3.45. The molecular weight excluding hydrogens is 418 g/mol. The summed E-state index contributed by atoms with van der Waals surface area (Å²) in [6, 6.07) is 16.5. The average Bonchev–Trinajstić information content (AvgIpc) is 2.86. The molecule has 2 amide bonds. The van der Waals surface area contributed by atoms with E-state index in [9.17, 15) is 9.59 Å². The second-order valence-corrected chi connectivity index (χ2v) is 8.56. The number of aromatic nitrogens is 1. The molecule has 7 nitrogen and oxygen atoms in total. The summed E-state index contributed by atoms with van der Waals surface area (Å²) in [6.07, 6.45) is -0.422. The molecule has 1 saturated heterocycles. The molecule has 33 heavy (non-hydrogen) atoms. The lowest BCUT2D eigenvalue weighted by Gasteiger charge is -2.33. The number of nitrogens with one attached hydrogen (secondary N) is 1. The molecule has 2 aromatic carbocycles. The van der Waals surface area contributed by atoms with Gasteiger partial charge in [0.05, 0.1) is 37.0 Å². The van der Waals surface area contributed by atoms with Crippen molar-refractivity contribution in [1.82, 2.24) is 15.2 Å². The van der Waals surface area contributed by atoms with Gasteiger partial charge < -0.3 is 19.7 Å². The lowest BCUT2D eigenvalue weighted by Crippen LogP contribution is -2.42. The second kappa shape index (κ2) is 10.0. The molecule has 2 heterocycles. The van der Waals surface area contributed by atoms with Gasteiger partial charge >= 0.3 is 0 Å². The Labute approximate surface area is 193 Å². The molecule has 1 fully saturated rings. The van der Waals surface area contributed by atoms with Crippen LogP contribution in [0, 0.1) is 5.92 Å². The zero-order chi connectivity index (χ0) is 23.4. The Kier molecular flexibility index (Phi) is 6.89. The van der Waals surface area contributed by atoms with Crippen molar-refractivity contribution in [1.29, 1.82) is 0 Å². The van der Waals surface area contributed by atoms with Crippen molar-refractivity contribution in [3.63, 3.8) is 0 Å². The Morgan fingerprint density at radius 1 is 1.18 bits per heavy atom. The van der Waals surface area contributed by atoms with Crippen molar-refractivity contribution in [3.8, 4) is 5.75 Å². The summed E-state index contributed by atoms with van der Waals surface area (Å²) in [5.74, 6) is 0.764. The number of methoxy groups -OCH3 is 1. The quantitative estimate of drug-likeness (QED) is 0.621. The van der Waals surface area contributed by atoms with Crippen LogP contribution in [0.1, 0.15) is 46.4 Å². The number of carbonyl (C=O) groups is 2. The molecular formula is C26H29N3O4. The van der Waals surface area contributed by atoms with Gasteiger partial charge in [-0.3, -0.25) is 9.59 Å². The largest absolute Gasteiger partial charge is 0.497 e. The number of carbonyl (C=O) groups excluding carboxylic acids is 2. The number of ether oxygens (including phenoxy) is 2. The highest BCUT2D eigenvalue weighted by Crippen LogP contribution is 2.27. The van der Waals surface area contributed by atoms with Crippen LogP contribution in [0.3, 0.4) is 0 Å².